The third-order valence-electron chi connectivity index (χ3n) is 4.35. The van der Waals surface area contributed by atoms with Gasteiger partial charge in [-0.1, -0.05) is 12.1 Å². The number of aromatic nitrogens is 3. The first-order valence-corrected chi connectivity index (χ1v) is 9.10. The highest BCUT2D eigenvalue weighted by molar-refractivity contribution is 7.09. The van der Waals surface area contributed by atoms with Gasteiger partial charge < -0.3 is 4.90 Å². The van der Waals surface area contributed by atoms with Crippen LogP contribution in [-0.2, 0) is 6.54 Å². The molecule has 3 aromatic rings. The van der Waals surface area contributed by atoms with Crippen LogP contribution in [0, 0.1) is 13.8 Å². The fourth-order valence-electron chi connectivity index (χ4n) is 2.75. The van der Waals surface area contributed by atoms with Crippen LogP contribution in [0.4, 0.5) is 0 Å². The topological polar surface area (TPSA) is 51.0 Å². The average molecular weight is 354 g/mol. The van der Waals surface area contributed by atoms with Gasteiger partial charge in [-0.3, -0.25) is 9.48 Å². The van der Waals surface area contributed by atoms with E-state index >= 15 is 0 Å². The number of rotatable bonds is 5. The smallest absolute Gasteiger partial charge is 0.254 e. The number of aryl methyl sites for hydroxylation is 2. The first-order valence-electron chi connectivity index (χ1n) is 8.22. The quantitative estimate of drug-likeness (QED) is 0.699. The van der Waals surface area contributed by atoms with E-state index in [2.05, 4.69) is 16.1 Å². The van der Waals surface area contributed by atoms with Crippen molar-refractivity contribution in [3.8, 4) is 0 Å². The lowest BCUT2D eigenvalue weighted by molar-refractivity contribution is 0.0742. The Labute approximate surface area is 151 Å². The molecule has 2 aromatic heterocycles. The summed E-state index contributed by atoms with van der Waals surface area (Å²) < 4.78 is 1.98. The highest BCUT2D eigenvalue weighted by Crippen LogP contribution is 2.22. The number of carbonyl (C=O) groups is 1. The summed E-state index contributed by atoms with van der Waals surface area (Å²) in [5.41, 5.74) is 3.96. The van der Waals surface area contributed by atoms with Gasteiger partial charge in [-0.05, 0) is 44.5 Å². The molecule has 25 heavy (non-hydrogen) atoms. The fraction of sp³-hybridized carbons (Fsp3) is 0.316. The van der Waals surface area contributed by atoms with E-state index in [1.807, 2.05) is 62.1 Å². The molecule has 0 aliphatic rings. The van der Waals surface area contributed by atoms with E-state index in [0.717, 1.165) is 22.0 Å². The number of hydrogen-bond acceptors (Lipinski definition) is 4. The van der Waals surface area contributed by atoms with Crippen LogP contribution < -0.4 is 0 Å². The van der Waals surface area contributed by atoms with Gasteiger partial charge in [-0.2, -0.15) is 5.10 Å². The molecular weight excluding hydrogens is 332 g/mol. The van der Waals surface area contributed by atoms with Crippen molar-refractivity contribution in [2.24, 2.45) is 0 Å². The lowest BCUT2D eigenvalue weighted by atomic mass is 10.1. The van der Waals surface area contributed by atoms with E-state index in [4.69, 9.17) is 0 Å². The molecule has 0 radical (unpaired) electrons. The maximum atomic E-state index is 12.7. The molecule has 1 atom stereocenters. The van der Waals surface area contributed by atoms with E-state index in [9.17, 15) is 4.79 Å². The standard InChI is InChI=1S/C19H22N4OS/c1-13-11-14(2)23(21-13)12-16-5-7-17(8-6-16)19(24)22(4)15(3)18-20-9-10-25-18/h5-11,15H,12H2,1-4H3/t15-/m1/s1. The average Bonchev–Trinajstić information content (AvgIpc) is 3.24. The predicted molar refractivity (Wildman–Crippen MR) is 99.9 cm³/mol. The summed E-state index contributed by atoms with van der Waals surface area (Å²) in [6.07, 6.45) is 1.77. The van der Waals surface area contributed by atoms with Crippen molar-refractivity contribution < 1.29 is 4.79 Å². The van der Waals surface area contributed by atoms with Gasteiger partial charge in [0.15, 0.2) is 0 Å². The fourth-order valence-corrected chi connectivity index (χ4v) is 3.48. The van der Waals surface area contributed by atoms with Gasteiger partial charge in [0, 0.05) is 29.9 Å². The number of amides is 1. The molecule has 0 unspecified atom stereocenters. The molecule has 0 spiro atoms. The lowest BCUT2D eigenvalue weighted by Gasteiger charge is -2.23. The monoisotopic (exact) mass is 354 g/mol. The van der Waals surface area contributed by atoms with Crippen LogP contribution in [0.2, 0.25) is 0 Å². The molecule has 2 heterocycles. The molecule has 0 fully saturated rings. The van der Waals surface area contributed by atoms with Gasteiger partial charge in [0.05, 0.1) is 18.3 Å². The van der Waals surface area contributed by atoms with Gasteiger partial charge >= 0.3 is 0 Å². The molecule has 3 rings (SSSR count). The number of carbonyl (C=O) groups excluding carboxylic acids is 1. The van der Waals surface area contributed by atoms with Gasteiger partial charge in [0.2, 0.25) is 0 Å². The SMILES string of the molecule is Cc1cc(C)n(Cc2ccc(C(=O)N(C)[C@H](C)c3nccs3)cc2)n1. The van der Waals surface area contributed by atoms with Crippen molar-refractivity contribution >= 4 is 17.2 Å². The van der Waals surface area contributed by atoms with Crippen LogP contribution in [0.5, 0.6) is 0 Å². The summed E-state index contributed by atoms with van der Waals surface area (Å²) in [6.45, 7) is 6.74. The molecule has 0 aliphatic carbocycles. The van der Waals surface area contributed by atoms with Crippen LogP contribution in [0.25, 0.3) is 0 Å². The largest absolute Gasteiger partial charge is 0.333 e. The highest BCUT2D eigenvalue weighted by atomic mass is 32.1. The molecule has 1 aromatic carbocycles. The summed E-state index contributed by atoms with van der Waals surface area (Å²) in [6, 6.07) is 9.77. The second-order valence-electron chi connectivity index (χ2n) is 6.24. The Morgan fingerprint density at radius 1 is 1.28 bits per heavy atom. The molecule has 130 valence electrons. The zero-order valence-electron chi connectivity index (χ0n) is 14.9. The molecule has 0 aliphatic heterocycles. The normalized spacial score (nSPS) is 12.2. The van der Waals surface area contributed by atoms with Crippen molar-refractivity contribution in [2.45, 2.75) is 33.4 Å². The van der Waals surface area contributed by atoms with Gasteiger partial charge in [-0.25, -0.2) is 4.98 Å². The molecule has 0 saturated heterocycles. The number of hydrogen-bond donors (Lipinski definition) is 0. The Kier molecular flexibility index (Phi) is 4.99. The summed E-state index contributed by atoms with van der Waals surface area (Å²) >= 11 is 1.56. The number of thiazole rings is 1. The third kappa shape index (κ3) is 3.79. The summed E-state index contributed by atoms with van der Waals surface area (Å²) in [7, 11) is 1.82. The maximum Gasteiger partial charge on any atom is 0.254 e. The van der Waals surface area contributed by atoms with Crippen molar-refractivity contribution in [2.75, 3.05) is 7.05 Å². The molecular formula is C19H22N4OS. The summed E-state index contributed by atoms with van der Waals surface area (Å²) in [5, 5.41) is 7.35. The van der Waals surface area contributed by atoms with E-state index in [1.54, 1.807) is 22.4 Å². The van der Waals surface area contributed by atoms with E-state index in [0.29, 0.717) is 12.1 Å². The molecule has 0 bridgehead atoms. The van der Waals surface area contributed by atoms with Crippen LogP contribution in [0.15, 0.2) is 41.9 Å². The first kappa shape index (κ1) is 17.4. The molecule has 5 nitrogen and oxygen atoms in total. The maximum absolute atomic E-state index is 12.7. The van der Waals surface area contributed by atoms with Gasteiger partial charge in [-0.15, -0.1) is 11.3 Å². The van der Waals surface area contributed by atoms with Crippen molar-refractivity contribution in [3.63, 3.8) is 0 Å². The second-order valence-corrected chi connectivity index (χ2v) is 7.17. The first-order chi connectivity index (χ1) is 12.0. The Hall–Kier alpha value is -2.47. The highest BCUT2D eigenvalue weighted by Gasteiger charge is 2.20. The van der Waals surface area contributed by atoms with Crippen molar-refractivity contribution in [1.82, 2.24) is 19.7 Å². The van der Waals surface area contributed by atoms with Crippen LogP contribution in [-0.4, -0.2) is 32.6 Å². The van der Waals surface area contributed by atoms with E-state index < -0.39 is 0 Å². The minimum absolute atomic E-state index is 0.000337. The Morgan fingerprint density at radius 2 is 2.00 bits per heavy atom. The number of nitrogens with zero attached hydrogens (tertiary/aromatic N) is 4. The van der Waals surface area contributed by atoms with Crippen molar-refractivity contribution in [1.29, 1.82) is 0 Å². The van der Waals surface area contributed by atoms with Crippen LogP contribution in [0.3, 0.4) is 0 Å². The predicted octanol–water partition coefficient (Wildman–Crippen LogP) is 3.84. The Balaban J connectivity index is 1.71. The third-order valence-corrected chi connectivity index (χ3v) is 5.29. The summed E-state index contributed by atoms with van der Waals surface area (Å²) in [4.78, 5) is 18.7. The summed E-state index contributed by atoms with van der Waals surface area (Å²) in [5.74, 6) is 0.000337. The van der Waals surface area contributed by atoms with Crippen LogP contribution in [0.1, 0.15) is 45.3 Å². The zero-order valence-corrected chi connectivity index (χ0v) is 15.7. The molecule has 0 saturated carbocycles. The van der Waals surface area contributed by atoms with E-state index in [-0.39, 0.29) is 11.9 Å². The molecule has 0 N–H and O–H groups in total. The van der Waals surface area contributed by atoms with Gasteiger partial charge in [0.25, 0.3) is 5.91 Å². The minimum atomic E-state index is -0.0399. The van der Waals surface area contributed by atoms with Crippen molar-refractivity contribution in [3.05, 3.63) is 69.4 Å². The zero-order chi connectivity index (χ0) is 18.0. The minimum Gasteiger partial charge on any atom is -0.333 e. The molecule has 1 amide bonds. The molecule has 6 heteroatoms. The van der Waals surface area contributed by atoms with E-state index in [1.165, 1.54) is 0 Å². The lowest BCUT2D eigenvalue weighted by Crippen LogP contribution is -2.29. The Bertz CT molecular complexity index is 852. The number of benzene rings is 1. The second kappa shape index (κ2) is 7.19. The van der Waals surface area contributed by atoms with Crippen LogP contribution >= 0.6 is 11.3 Å². The van der Waals surface area contributed by atoms with Gasteiger partial charge in [0.1, 0.15) is 5.01 Å². The Morgan fingerprint density at radius 3 is 2.56 bits per heavy atom.